The van der Waals surface area contributed by atoms with Crippen molar-refractivity contribution in [2.45, 2.75) is 140 Å². The van der Waals surface area contributed by atoms with Crippen LogP contribution in [0.25, 0.3) is 0 Å². The first-order valence-electron chi connectivity index (χ1n) is 16.8. The smallest absolute Gasteiger partial charge is 0.184 e. The second kappa shape index (κ2) is 19.4. The van der Waals surface area contributed by atoms with E-state index in [1.165, 1.54) is 16.7 Å². The quantitative estimate of drug-likeness (QED) is 0.118. The third kappa shape index (κ3) is 13.4. The summed E-state index contributed by atoms with van der Waals surface area (Å²) in [4.78, 5) is 28.1. The molecule has 0 radical (unpaired) electrons. The molecule has 0 aromatic heterocycles. The lowest BCUT2D eigenvalue weighted by atomic mass is 9.66. The Morgan fingerprint density at radius 3 is 1.44 bits per heavy atom. The topological polar surface area (TPSA) is 74.6 Å². The van der Waals surface area contributed by atoms with Crippen molar-refractivity contribution in [1.29, 1.82) is 0 Å². The number of carbonyl (C=O) groups excluding carboxylic acids is 2. The van der Waals surface area contributed by atoms with Gasteiger partial charge in [-0.2, -0.15) is 0 Å². The van der Waals surface area contributed by atoms with E-state index in [0.29, 0.717) is 0 Å². The molecule has 0 saturated heterocycles. The summed E-state index contributed by atoms with van der Waals surface area (Å²) in [5, 5.41) is 23.5. The third-order valence-electron chi connectivity index (χ3n) is 8.32. The fourth-order valence-corrected chi connectivity index (χ4v) is 5.44. The van der Waals surface area contributed by atoms with E-state index in [9.17, 15) is 19.8 Å². The maximum atomic E-state index is 14.5. The first-order chi connectivity index (χ1) is 21.0. The summed E-state index contributed by atoms with van der Waals surface area (Å²) in [7, 11) is 0. The van der Waals surface area contributed by atoms with Crippen molar-refractivity contribution >= 4 is 11.6 Å². The van der Waals surface area contributed by atoms with Crippen LogP contribution >= 0.6 is 0 Å². The van der Waals surface area contributed by atoms with Crippen molar-refractivity contribution < 1.29 is 19.8 Å². The minimum atomic E-state index is -1.36. The Labute approximate surface area is 275 Å². The van der Waals surface area contributed by atoms with Crippen LogP contribution in [0.1, 0.15) is 140 Å². The fraction of sp³-hybridized carbons (Fsp3) is 0.561. The molecule has 0 amide bonds. The lowest BCUT2D eigenvalue weighted by molar-refractivity contribution is -0.128. The van der Waals surface area contributed by atoms with Crippen LogP contribution in [0.15, 0.2) is 92.6 Å². The van der Waals surface area contributed by atoms with Gasteiger partial charge in [-0.3, -0.25) is 9.59 Å². The molecule has 0 aromatic rings. The summed E-state index contributed by atoms with van der Waals surface area (Å²) in [5.41, 5.74) is 5.95. The molecule has 0 saturated carbocycles. The van der Waals surface area contributed by atoms with Gasteiger partial charge in [0.2, 0.25) is 0 Å². The summed E-state index contributed by atoms with van der Waals surface area (Å²) in [6, 6.07) is 0. The second-order valence-electron chi connectivity index (χ2n) is 14.2. The van der Waals surface area contributed by atoms with Gasteiger partial charge in [0.15, 0.2) is 11.6 Å². The molecule has 1 rings (SSSR count). The number of ketones is 2. The van der Waals surface area contributed by atoms with Crippen LogP contribution in [-0.2, 0) is 9.59 Å². The summed E-state index contributed by atoms with van der Waals surface area (Å²) >= 11 is 0. The molecule has 0 aliphatic heterocycles. The van der Waals surface area contributed by atoms with E-state index in [1.54, 1.807) is 0 Å². The minimum absolute atomic E-state index is 0.0228. The van der Waals surface area contributed by atoms with Gasteiger partial charge in [-0.05, 0) is 126 Å². The molecule has 0 aromatic carbocycles. The van der Waals surface area contributed by atoms with E-state index in [-0.39, 0.29) is 60.0 Å². The van der Waals surface area contributed by atoms with Gasteiger partial charge in [-0.1, -0.05) is 83.7 Å². The highest BCUT2D eigenvalue weighted by molar-refractivity contribution is 6.24. The summed E-state index contributed by atoms with van der Waals surface area (Å²) < 4.78 is 0. The average molecular weight is 619 g/mol. The molecule has 0 unspecified atom stereocenters. The molecule has 2 N–H and O–H groups in total. The number of hydrogen-bond acceptors (Lipinski definition) is 4. The summed E-state index contributed by atoms with van der Waals surface area (Å²) in [6.07, 6.45) is 18.9. The number of hydrogen-bond donors (Lipinski definition) is 2. The lowest BCUT2D eigenvalue weighted by Crippen LogP contribution is -2.41. The highest BCUT2D eigenvalue weighted by Gasteiger charge is 2.50. The van der Waals surface area contributed by atoms with Crippen molar-refractivity contribution in [3.05, 3.63) is 92.6 Å². The van der Waals surface area contributed by atoms with Gasteiger partial charge in [0.1, 0.15) is 17.1 Å². The first kappa shape index (κ1) is 39.9. The predicted octanol–water partition coefficient (Wildman–Crippen LogP) is 12.0. The van der Waals surface area contributed by atoms with Gasteiger partial charge >= 0.3 is 0 Å². The zero-order valence-corrected chi connectivity index (χ0v) is 30.3. The first-order valence-corrected chi connectivity index (χ1v) is 16.8. The maximum Gasteiger partial charge on any atom is 0.184 e. The number of rotatable bonds is 18. The fourth-order valence-electron chi connectivity index (χ4n) is 5.44. The zero-order chi connectivity index (χ0) is 34.3. The van der Waals surface area contributed by atoms with Crippen LogP contribution in [0.3, 0.4) is 0 Å². The Hall–Kier alpha value is -3.14. The standard InChI is InChI=1S/C41H62O4/c1-28(2)15-12-18-32(9)21-22-35-38(43)37(36(42)27-31(7)8)40(45)41(39(35)44,25-23-33(10)19-13-16-29(3)4)26-24-34(11)20-14-17-30(5)6/h15-17,21,23-24,31,43-44H,12-14,18-20,22,25-27H2,1-11H3. The van der Waals surface area contributed by atoms with Crippen LogP contribution in [0, 0.1) is 11.3 Å². The summed E-state index contributed by atoms with van der Waals surface area (Å²) in [6.45, 7) is 22.5. The third-order valence-corrected chi connectivity index (χ3v) is 8.32. The van der Waals surface area contributed by atoms with E-state index < -0.39 is 11.2 Å². The largest absolute Gasteiger partial charge is 0.511 e. The highest BCUT2D eigenvalue weighted by atomic mass is 16.3. The van der Waals surface area contributed by atoms with Crippen LogP contribution in [-0.4, -0.2) is 21.8 Å². The van der Waals surface area contributed by atoms with Crippen molar-refractivity contribution in [3.63, 3.8) is 0 Å². The van der Waals surface area contributed by atoms with Crippen LogP contribution in [0.4, 0.5) is 0 Å². The Kier molecular flexibility index (Phi) is 17.2. The monoisotopic (exact) mass is 618 g/mol. The van der Waals surface area contributed by atoms with Crippen molar-refractivity contribution in [2.24, 2.45) is 11.3 Å². The molecule has 1 aliphatic carbocycles. The molecule has 0 heterocycles. The molecule has 1 aliphatic rings. The van der Waals surface area contributed by atoms with Crippen LogP contribution in [0.2, 0.25) is 0 Å². The van der Waals surface area contributed by atoms with Gasteiger partial charge in [0.05, 0.1) is 5.41 Å². The molecular weight excluding hydrogens is 556 g/mol. The Bertz CT molecular complexity index is 1250. The molecule has 0 spiro atoms. The highest BCUT2D eigenvalue weighted by Crippen LogP contribution is 2.47. The van der Waals surface area contributed by atoms with Gasteiger partial charge in [-0.25, -0.2) is 0 Å². The van der Waals surface area contributed by atoms with Crippen molar-refractivity contribution in [2.75, 3.05) is 0 Å². The van der Waals surface area contributed by atoms with E-state index >= 15 is 0 Å². The van der Waals surface area contributed by atoms with E-state index in [1.807, 2.05) is 39.0 Å². The second-order valence-corrected chi connectivity index (χ2v) is 14.2. The number of Topliss-reactive ketones (excluding diaryl/α,β-unsaturated/α-hetero) is 2. The lowest BCUT2D eigenvalue weighted by Gasteiger charge is -2.36. The number of aliphatic hydroxyl groups excluding tert-OH is 2. The molecule has 4 nitrogen and oxygen atoms in total. The van der Waals surface area contributed by atoms with E-state index in [4.69, 9.17) is 0 Å². The van der Waals surface area contributed by atoms with E-state index in [2.05, 4.69) is 73.6 Å². The predicted molar refractivity (Wildman–Crippen MR) is 192 cm³/mol. The van der Waals surface area contributed by atoms with Crippen LogP contribution < -0.4 is 0 Å². The van der Waals surface area contributed by atoms with Crippen LogP contribution in [0.5, 0.6) is 0 Å². The van der Waals surface area contributed by atoms with Gasteiger partial charge in [-0.15, -0.1) is 0 Å². The SMILES string of the molecule is CC(C)=CCCC(C)=CCC1=C(O)C(CC=C(C)CCC=C(C)C)(CC=C(C)CCC=C(C)C)C(=O)C(C(=O)CC(C)C)=C1O. The normalized spacial score (nSPS) is 18.0. The number of carbonyl (C=O) groups is 2. The molecule has 45 heavy (non-hydrogen) atoms. The average Bonchev–Trinajstić information content (AvgIpc) is 2.91. The minimum Gasteiger partial charge on any atom is -0.511 e. The molecule has 0 fully saturated rings. The Morgan fingerprint density at radius 1 is 0.667 bits per heavy atom. The molecule has 0 bridgehead atoms. The Morgan fingerprint density at radius 2 is 1.07 bits per heavy atom. The molecule has 0 atom stereocenters. The Balaban J connectivity index is 3.79. The molecule has 4 heteroatoms. The van der Waals surface area contributed by atoms with E-state index in [0.717, 1.165) is 55.2 Å². The van der Waals surface area contributed by atoms with Crippen molar-refractivity contribution in [1.82, 2.24) is 0 Å². The van der Waals surface area contributed by atoms with Crippen molar-refractivity contribution in [3.8, 4) is 0 Å². The molecular formula is C41H62O4. The number of allylic oxidation sites excluding steroid dienone is 15. The maximum absolute atomic E-state index is 14.5. The number of aliphatic hydroxyl groups is 2. The van der Waals surface area contributed by atoms with Gasteiger partial charge in [0, 0.05) is 12.0 Å². The summed E-state index contributed by atoms with van der Waals surface area (Å²) in [5.74, 6) is -1.28. The zero-order valence-electron chi connectivity index (χ0n) is 30.3. The van der Waals surface area contributed by atoms with Gasteiger partial charge < -0.3 is 10.2 Å². The van der Waals surface area contributed by atoms with Gasteiger partial charge in [0.25, 0.3) is 0 Å². The molecule has 250 valence electrons.